The van der Waals surface area contributed by atoms with Gasteiger partial charge in [-0.3, -0.25) is 0 Å². The van der Waals surface area contributed by atoms with Crippen LogP contribution in [0.25, 0.3) is 0 Å². The molecule has 0 saturated carbocycles. The van der Waals surface area contributed by atoms with E-state index >= 15 is 0 Å². The van der Waals surface area contributed by atoms with E-state index in [1.807, 2.05) is 24.4 Å². The van der Waals surface area contributed by atoms with Gasteiger partial charge in [0.2, 0.25) is 0 Å². The number of nitrogens with zero attached hydrogens (tertiary/aromatic N) is 2. The third-order valence-corrected chi connectivity index (χ3v) is 8.26. The van der Waals surface area contributed by atoms with Crippen LogP contribution in [0.5, 0.6) is 0 Å². The fourth-order valence-electron chi connectivity index (χ4n) is 2.58. The number of aliphatic imine (C=N–C) groups is 1. The summed E-state index contributed by atoms with van der Waals surface area (Å²) in [6.45, 7) is 5.63. The Balaban J connectivity index is 0.00000280. The summed E-state index contributed by atoms with van der Waals surface area (Å²) in [5.41, 5.74) is 0. The zero-order chi connectivity index (χ0) is 19.1. The maximum atomic E-state index is 12.7. The van der Waals surface area contributed by atoms with Gasteiger partial charge in [0, 0.05) is 29.4 Å². The fourth-order valence-corrected chi connectivity index (χ4v) is 6.07. The number of halogens is 1. The lowest BCUT2D eigenvalue weighted by Gasteiger charge is -2.25. The first-order valence-electron chi connectivity index (χ1n) is 8.81. The fraction of sp³-hybridized carbons (Fsp3) is 0.471. The molecule has 3 heterocycles. The summed E-state index contributed by atoms with van der Waals surface area (Å²) >= 11 is 2.97. The average Bonchev–Trinajstić information content (AvgIpc) is 3.37. The van der Waals surface area contributed by atoms with Crippen LogP contribution in [0.4, 0.5) is 0 Å². The molecule has 0 aromatic carbocycles. The number of rotatable bonds is 7. The van der Waals surface area contributed by atoms with Gasteiger partial charge in [-0.2, -0.15) is 4.31 Å². The Kier molecular flexibility index (Phi) is 9.63. The Bertz CT molecular complexity index is 847. The predicted molar refractivity (Wildman–Crippen MR) is 125 cm³/mol. The Morgan fingerprint density at radius 1 is 1.21 bits per heavy atom. The molecule has 0 unspecified atom stereocenters. The lowest BCUT2D eigenvalue weighted by molar-refractivity contribution is 0.0731. The molecule has 0 atom stereocenters. The van der Waals surface area contributed by atoms with E-state index in [0.29, 0.717) is 43.6 Å². The number of sulfonamides is 1. The molecule has 1 saturated heterocycles. The van der Waals surface area contributed by atoms with Crippen LogP contribution < -0.4 is 10.6 Å². The van der Waals surface area contributed by atoms with Crippen molar-refractivity contribution in [3.8, 4) is 0 Å². The zero-order valence-corrected chi connectivity index (χ0v) is 20.4. The van der Waals surface area contributed by atoms with Crippen LogP contribution in [0.15, 0.2) is 38.8 Å². The van der Waals surface area contributed by atoms with Crippen LogP contribution in [0.2, 0.25) is 0 Å². The minimum absolute atomic E-state index is 0. The third kappa shape index (κ3) is 6.39. The molecule has 11 heteroatoms. The Labute approximate surface area is 191 Å². The van der Waals surface area contributed by atoms with Crippen molar-refractivity contribution in [3.05, 3.63) is 39.4 Å². The van der Waals surface area contributed by atoms with Crippen LogP contribution >= 0.6 is 46.7 Å². The molecule has 1 fully saturated rings. The molecule has 1 aliphatic rings. The second-order valence-electron chi connectivity index (χ2n) is 5.87. The van der Waals surface area contributed by atoms with Crippen molar-refractivity contribution < 1.29 is 13.2 Å². The largest absolute Gasteiger partial charge is 0.379 e. The van der Waals surface area contributed by atoms with Gasteiger partial charge in [0.1, 0.15) is 4.21 Å². The van der Waals surface area contributed by atoms with Gasteiger partial charge in [0.05, 0.1) is 26.3 Å². The van der Waals surface area contributed by atoms with E-state index < -0.39 is 10.0 Å². The third-order valence-electron chi connectivity index (χ3n) is 3.95. The maximum absolute atomic E-state index is 12.7. The second-order valence-corrected chi connectivity index (χ2v) is 10.2. The average molecular weight is 557 g/mol. The van der Waals surface area contributed by atoms with Gasteiger partial charge in [-0.05, 0) is 30.5 Å². The lowest BCUT2D eigenvalue weighted by Crippen LogP contribution is -2.40. The van der Waals surface area contributed by atoms with Crippen molar-refractivity contribution in [2.45, 2.75) is 24.2 Å². The highest BCUT2D eigenvalue weighted by molar-refractivity contribution is 14.0. The van der Waals surface area contributed by atoms with E-state index in [2.05, 4.69) is 21.7 Å². The van der Waals surface area contributed by atoms with Crippen molar-refractivity contribution in [1.82, 2.24) is 14.9 Å². The number of hydrogen-bond donors (Lipinski definition) is 2. The Hall–Kier alpha value is -0.730. The highest BCUT2D eigenvalue weighted by Crippen LogP contribution is 2.26. The van der Waals surface area contributed by atoms with Crippen LogP contribution in [0.3, 0.4) is 0 Å². The molecule has 2 N–H and O–H groups in total. The predicted octanol–water partition coefficient (Wildman–Crippen LogP) is 2.70. The standard InChI is InChI=1S/C17H24N4O3S3.HI/c1-2-18-17(19-12-14-4-3-11-25-14)20-13-15-5-6-16(26-15)27(22,23)21-7-9-24-10-8-21;/h3-6,11H,2,7-10,12-13H2,1H3,(H2,18,19,20);1H. The minimum atomic E-state index is -3.44. The Morgan fingerprint density at radius 3 is 2.68 bits per heavy atom. The molecule has 2 aromatic rings. The summed E-state index contributed by atoms with van der Waals surface area (Å²) in [5, 5.41) is 8.55. The zero-order valence-electron chi connectivity index (χ0n) is 15.6. The first-order valence-corrected chi connectivity index (χ1v) is 11.9. The SMILES string of the molecule is CCNC(=NCc1ccc(S(=O)(=O)N2CCOCC2)s1)NCc1cccs1.I. The highest BCUT2D eigenvalue weighted by Gasteiger charge is 2.27. The van der Waals surface area contributed by atoms with Crippen LogP contribution in [-0.4, -0.2) is 51.5 Å². The molecule has 2 aromatic heterocycles. The van der Waals surface area contributed by atoms with E-state index in [1.165, 1.54) is 20.5 Å². The van der Waals surface area contributed by atoms with Crippen molar-refractivity contribution in [3.63, 3.8) is 0 Å². The molecular formula is C17H25IN4O3S3. The van der Waals surface area contributed by atoms with E-state index in [1.54, 1.807) is 17.4 Å². The van der Waals surface area contributed by atoms with Gasteiger partial charge in [0.25, 0.3) is 10.0 Å². The maximum Gasteiger partial charge on any atom is 0.252 e. The summed E-state index contributed by atoms with van der Waals surface area (Å²) in [4.78, 5) is 6.72. The normalized spacial score (nSPS) is 15.8. The molecule has 28 heavy (non-hydrogen) atoms. The number of ether oxygens (including phenoxy) is 1. The summed E-state index contributed by atoms with van der Waals surface area (Å²) < 4.78 is 32.5. The monoisotopic (exact) mass is 556 g/mol. The molecule has 1 aliphatic heterocycles. The second kappa shape index (κ2) is 11.5. The topological polar surface area (TPSA) is 83.0 Å². The smallest absolute Gasteiger partial charge is 0.252 e. The number of hydrogen-bond acceptors (Lipinski definition) is 6. The number of thiophene rings is 2. The number of guanidine groups is 1. The first kappa shape index (κ1) is 23.5. The summed E-state index contributed by atoms with van der Waals surface area (Å²) in [5.74, 6) is 0.719. The lowest BCUT2D eigenvalue weighted by atomic mass is 10.4. The molecule has 3 rings (SSSR count). The van der Waals surface area contributed by atoms with Gasteiger partial charge in [-0.25, -0.2) is 13.4 Å². The quantitative estimate of drug-likeness (QED) is 0.312. The minimum Gasteiger partial charge on any atom is -0.379 e. The van der Waals surface area contributed by atoms with E-state index in [-0.39, 0.29) is 24.0 Å². The molecule has 0 radical (unpaired) electrons. The van der Waals surface area contributed by atoms with Crippen LogP contribution in [-0.2, 0) is 27.8 Å². The molecule has 0 amide bonds. The number of morpholine rings is 1. The number of nitrogens with one attached hydrogen (secondary N) is 2. The molecular weight excluding hydrogens is 531 g/mol. The highest BCUT2D eigenvalue weighted by atomic mass is 127. The Morgan fingerprint density at radius 2 is 2.00 bits per heavy atom. The molecule has 156 valence electrons. The van der Waals surface area contributed by atoms with E-state index in [4.69, 9.17) is 4.74 Å². The molecule has 0 aliphatic carbocycles. The summed E-state index contributed by atoms with van der Waals surface area (Å²) in [6.07, 6.45) is 0. The van der Waals surface area contributed by atoms with Crippen LogP contribution in [0.1, 0.15) is 16.7 Å². The van der Waals surface area contributed by atoms with Crippen LogP contribution in [0, 0.1) is 0 Å². The molecule has 0 bridgehead atoms. The summed E-state index contributed by atoms with van der Waals surface area (Å²) in [7, 11) is -3.44. The first-order chi connectivity index (χ1) is 13.1. The van der Waals surface area contributed by atoms with Crippen molar-refractivity contribution in [2.75, 3.05) is 32.8 Å². The van der Waals surface area contributed by atoms with Gasteiger partial charge in [-0.1, -0.05) is 6.07 Å². The molecule has 7 nitrogen and oxygen atoms in total. The van der Waals surface area contributed by atoms with Crippen molar-refractivity contribution in [1.29, 1.82) is 0 Å². The van der Waals surface area contributed by atoms with Crippen molar-refractivity contribution in [2.24, 2.45) is 4.99 Å². The van der Waals surface area contributed by atoms with E-state index in [0.717, 1.165) is 17.4 Å². The van der Waals surface area contributed by atoms with Crippen molar-refractivity contribution >= 4 is 62.6 Å². The summed E-state index contributed by atoms with van der Waals surface area (Å²) in [6, 6.07) is 7.60. The van der Waals surface area contributed by atoms with Gasteiger partial charge in [0.15, 0.2) is 5.96 Å². The van der Waals surface area contributed by atoms with Gasteiger partial charge in [-0.15, -0.1) is 46.7 Å². The van der Waals surface area contributed by atoms with Gasteiger partial charge < -0.3 is 15.4 Å². The van der Waals surface area contributed by atoms with Gasteiger partial charge >= 0.3 is 0 Å². The van der Waals surface area contributed by atoms with E-state index in [9.17, 15) is 8.42 Å². The molecule has 0 spiro atoms.